The van der Waals surface area contributed by atoms with E-state index in [1.165, 1.54) is 6.07 Å². The lowest BCUT2D eigenvalue weighted by Gasteiger charge is -2.05. The molecule has 0 aliphatic rings. The Morgan fingerprint density at radius 3 is 2.29 bits per heavy atom. The number of benzene rings is 2. The van der Waals surface area contributed by atoms with Gasteiger partial charge in [0.05, 0.1) is 17.6 Å². The van der Waals surface area contributed by atoms with Crippen molar-refractivity contribution in [2.75, 3.05) is 11.5 Å². The number of pyridine rings is 1. The molecule has 0 unspecified atom stereocenters. The lowest BCUT2D eigenvalue weighted by molar-refractivity contribution is 0.589. The minimum absolute atomic E-state index is 0.0675. The van der Waals surface area contributed by atoms with Gasteiger partial charge >= 0.3 is 0 Å². The van der Waals surface area contributed by atoms with Gasteiger partial charge in [-0.05, 0) is 36.2 Å². The zero-order valence-corrected chi connectivity index (χ0v) is 19.2. The Bertz CT molecular complexity index is 1480. The molecule has 2 aromatic carbocycles. The summed E-state index contributed by atoms with van der Waals surface area (Å²) in [5, 5.41) is 13.5. The Kier molecular flexibility index (Phi) is 7.07. The van der Waals surface area contributed by atoms with Crippen LogP contribution in [0.25, 0.3) is 22.6 Å². The van der Waals surface area contributed by atoms with E-state index in [-0.39, 0.29) is 35.5 Å². The van der Waals surface area contributed by atoms with E-state index in [1.54, 1.807) is 47.3 Å². The van der Waals surface area contributed by atoms with Crippen molar-refractivity contribution in [1.82, 2.24) is 24.7 Å². The number of hydrogen-bond donors (Lipinski definition) is 2. The Morgan fingerprint density at radius 2 is 1.57 bits per heavy atom. The van der Waals surface area contributed by atoms with Gasteiger partial charge in [-0.1, -0.05) is 48.6 Å². The monoisotopic (exact) mass is 485 g/mol. The van der Waals surface area contributed by atoms with Crippen LogP contribution in [0.15, 0.2) is 83.2 Å². The fraction of sp³-hybridized carbons (Fsp3) is 0.0417. The summed E-state index contributed by atoms with van der Waals surface area (Å²) in [6, 6.07) is 19.3. The lowest BCUT2D eigenvalue weighted by atomic mass is 10.2. The number of nitrogens with two attached hydrogens (primary N) is 2. The molecule has 3 aromatic heterocycles. The van der Waals surface area contributed by atoms with Crippen LogP contribution in [0.3, 0.4) is 0 Å². The van der Waals surface area contributed by atoms with Crippen molar-refractivity contribution in [2.24, 2.45) is 10.2 Å². The average molecular weight is 486 g/mol. The average Bonchev–Trinajstić information content (AvgIpc) is 3.25. The first-order valence-electron chi connectivity index (χ1n) is 10.3. The van der Waals surface area contributed by atoms with Gasteiger partial charge in [-0.15, -0.1) is 5.11 Å². The molecule has 5 aromatic rings. The summed E-state index contributed by atoms with van der Waals surface area (Å²) >= 11 is 3.83. The van der Waals surface area contributed by atoms with Crippen molar-refractivity contribution in [3.63, 3.8) is 0 Å². The van der Waals surface area contributed by atoms with Crippen LogP contribution < -0.4 is 11.5 Å². The standard InChI is InChI=1S/C23H18FN9.CH2S/c24-17-11-5-4-7-14(17)13-33-23-16(10-6-12-27-23)18(32-33)22-28-20(25)19(21(26)29-22)31-30-15-8-2-1-3-9-15;1-2/h1-12H,13H2,(H4,25,26,28,29);1H2. The van der Waals surface area contributed by atoms with Crippen LogP contribution >= 0.6 is 12.2 Å². The summed E-state index contributed by atoms with van der Waals surface area (Å²) in [5.74, 6) is 2.86. The maximum absolute atomic E-state index is 14.2. The summed E-state index contributed by atoms with van der Waals surface area (Å²) in [4.78, 5) is 13.1. The van der Waals surface area contributed by atoms with Crippen molar-refractivity contribution < 1.29 is 4.39 Å². The second-order valence-electron chi connectivity index (χ2n) is 7.17. The summed E-state index contributed by atoms with van der Waals surface area (Å²) in [5.41, 5.74) is 14.6. The normalized spacial score (nSPS) is 10.9. The third-order valence-electron chi connectivity index (χ3n) is 4.96. The van der Waals surface area contributed by atoms with Crippen molar-refractivity contribution >= 4 is 52.1 Å². The highest BCUT2D eigenvalue weighted by Crippen LogP contribution is 2.32. The van der Waals surface area contributed by atoms with Crippen LogP contribution in [0.5, 0.6) is 0 Å². The highest BCUT2D eigenvalue weighted by molar-refractivity contribution is 7.77. The van der Waals surface area contributed by atoms with Gasteiger partial charge in [0.25, 0.3) is 0 Å². The molecule has 0 aliphatic carbocycles. The number of aromatic nitrogens is 5. The smallest absolute Gasteiger partial charge is 0.184 e. The maximum atomic E-state index is 14.2. The van der Waals surface area contributed by atoms with E-state index in [1.807, 2.05) is 24.3 Å². The molecular weight excluding hydrogens is 465 g/mol. The Balaban J connectivity index is 0.00000141. The zero-order valence-electron chi connectivity index (χ0n) is 18.4. The molecule has 0 aliphatic heterocycles. The summed E-state index contributed by atoms with van der Waals surface area (Å²) in [6.45, 7) is 0.189. The second kappa shape index (κ2) is 10.5. The molecule has 0 saturated heterocycles. The van der Waals surface area contributed by atoms with Crippen LogP contribution in [0.2, 0.25) is 0 Å². The number of fused-ring (bicyclic) bond motifs is 1. The van der Waals surface area contributed by atoms with Crippen molar-refractivity contribution in [3.05, 3.63) is 84.3 Å². The van der Waals surface area contributed by atoms with E-state index < -0.39 is 0 Å². The molecule has 0 atom stereocenters. The maximum Gasteiger partial charge on any atom is 0.184 e. The summed E-state index contributed by atoms with van der Waals surface area (Å²) in [7, 11) is 0. The highest BCUT2D eigenvalue weighted by Gasteiger charge is 2.19. The van der Waals surface area contributed by atoms with Gasteiger partial charge < -0.3 is 11.5 Å². The molecule has 0 fully saturated rings. The van der Waals surface area contributed by atoms with Gasteiger partial charge in [0.1, 0.15) is 11.5 Å². The molecule has 4 N–H and O–H groups in total. The Labute approximate surface area is 205 Å². The van der Waals surface area contributed by atoms with E-state index in [2.05, 4.69) is 48.4 Å². The molecular formula is C24H20FN9S. The van der Waals surface area contributed by atoms with Gasteiger partial charge in [-0.2, -0.15) is 10.2 Å². The van der Waals surface area contributed by atoms with Gasteiger partial charge in [0.15, 0.2) is 28.8 Å². The van der Waals surface area contributed by atoms with Crippen LogP contribution in [0, 0.1) is 5.82 Å². The van der Waals surface area contributed by atoms with Crippen LogP contribution in [-0.4, -0.2) is 30.6 Å². The largest absolute Gasteiger partial charge is 0.382 e. The highest BCUT2D eigenvalue weighted by atomic mass is 32.1. The molecule has 0 bridgehead atoms. The number of anilines is 2. The molecule has 5 rings (SSSR count). The third kappa shape index (κ3) is 4.99. The number of hydrogen-bond acceptors (Lipinski definition) is 9. The predicted octanol–water partition coefficient (Wildman–Crippen LogP) is 5.27. The molecule has 0 radical (unpaired) electrons. The number of halogens is 1. The number of nitrogen functional groups attached to an aromatic ring is 2. The first kappa shape index (κ1) is 23.5. The minimum Gasteiger partial charge on any atom is -0.382 e. The predicted molar refractivity (Wildman–Crippen MR) is 138 cm³/mol. The van der Waals surface area contributed by atoms with E-state index in [0.29, 0.717) is 28.0 Å². The molecule has 0 saturated carbocycles. The van der Waals surface area contributed by atoms with Crippen LogP contribution in [-0.2, 0) is 6.54 Å². The van der Waals surface area contributed by atoms with Crippen LogP contribution in [0.4, 0.5) is 27.4 Å². The summed E-state index contributed by atoms with van der Waals surface area (Å²) < 4.78 is 15.8. The molecule has 35 heavy (non-hydrogen) atoms. The van der Waals surface area contributed by atoms with E-state index in [4.69, 9.17) is 11.5 Å². The molecule has 3 heterocycles. The molecule has 0 spiro atoms. The van der Waals surface area contributed by atoms with Crippen LogP contribution in [0.1, 0.15) is 5.56 Å². The summed E-state index contributed by atoms with van der Waals surface area (Å²) in [6.07, 6.45) is 1.64. The van der Waals surface area contributed by atoms with Gasteiger partial charge in [0.2, 0.25) is 0 Å². The fourth-order valence-electron chi connectivity index (χ4n) is 3.37. The van der Waals surface area contributed by atoms with E-state index in [9.17, 15) is 4.39 Å². The quantitative estimate of drug-likeness (QED) is 0.256. The SMILES string of the molecule is C=S.Nc1nc(-c2nn(Cc3ccccc3F)c3ncccc23)nc(N)c1N=Nc1ccccc1. The van der Waals surface area contributed by atoms with Gasteiger partial charge in [-0.25, -0.2) is 24.0 Å². The molecule has 0 amide bonds. The lowest BCUT2D eigenvalue weighted by Crippen LogP contribution is -2.05. The number of rotatable bonds is 5. The molecule has 11 heteroatoms. The van der Waals surface area contributed by atoms with Gasteiger partial charge in [-0.3, -0.25) is 0 Å². The molecule has 174 valence electrons. The van der Waals surface area contributed by atoms with Crippen molar-refractivity contribution in [1.29, 1.82) is 0 Å². The first-order valence-corrected chi connectivity index (χ1v) is 10.9. The number of azo groups is 1. The third-order valence-corrected chi connectivity index (χ3v) is 4.96. The Hall–Kier alpha value is -4.64. The molecule has 9 nitrogen and oxygen atoms in total. The first-order chi connectivity index (χ1) is 17.1. The zero-order chi connectivity index (χ0) is 24.8. The Morgan fingerprint density at radius 1 is 0.886 bits per heavy atom. The number of thiocarbonyl (C=S) groups is 1. The minimum atomic E-state index is -0.323. The van der Waals surface area contributed by atoms with Gasteiger partial charge in [0, 0.05) is 11.8 Å². The second-order valence-corrected chi connectivity index (χ2v) is 7.17. The topological polar surface area (TPSA) is 133 Å². The van der Waals surface area contributed by atoms with E-state index in [0.717, 1.165) is 0 Å². The van der Waals surface area contributed by atoms with E-state index >= 15 is 0 Å². The fourth-order valence-corrected chi connectivity index (χ4v) is 3.37. The van der Waals surface area contributed by atoms with Crippen molar-refractivity contribution in [3.8, 4) is 11.5 Å². The van der Waals surface area contributed by atoms with Crippen molar-refractivity contribution in [2.45, 2.75) is 6.54 Å². The number of nitrogens with zero attached hydrogens (tertiary/aromatic N) is 7.